The standard InChI is InChI=1S/C9H4F3N/c10-6-4-5-2-1-3-13-9(5)8(12)7(6)11/h1-4H. The smallest absolute Gasteiger partial charge is 0.196 e. The number of hydrogen-bond donors (Lipinski definition) is 0. The Morgan fingerprint density at radius 3 is 2.62 bits per heavy atom. The summed E-state index contributed by atoms with van der Waals surface area (Å²) in [5, 5.41) is 0.249. The molecule has 4 heteroatoms. The van der Waals surface area contributed by atoms with Crippen LogP contribution in [0.5, 0.6) is 0 Å². The molecule has 0 bridgehead atoms. The minimum atomic E-state index is -1.48. The molecule has 1 aromatic carbocycles. The summed E-state index contributed by atoms with van der Waals surface area (Å²) >= 11 is 0. The van der Waals surface area contributed by atoms with Crippen molar-refractivity contribution < 1.29 is 13.2 Å². The molecular formula is C9H4F3N. The Balaban J connectivity index is 2.94. The van der Waals surface area contributed by atoms with E-state index in [0.717, 1.165) is 6.07 Å². The van der Waals surface area contributed by atoms with Gasteiger partial charge >= 0.3 is 0 Å². The molecule has 0 N–H and O–H groups in total. The lowest BCUT2D eigenvalue weighted by molar-refractivity contribution is 0.452. The van der Waals surface area contributed by atoms with Gasteiger partial charge in [-0.25, -0.2) is 13.2 Å². The number of pyridine rings is 1. The van der Waals surface area contributed by atoms with Gasteiger partial charge in [-0.15, -0.1) is 0 Å². The molecule has 0 saturated carbocycles. The summed E-state index contributed by atoms with van der Waals surface area (Å²) in [7, 11) is 0. The van der Waals surface area contributed by atoms with E-state index in [1.807, 2.05) is 0 Å². The second-order valence-electron chi connectivity index (χ2n) is 2.56. The van der Waals surface area contributed by atoms with Crippen molar-refractivity contribution in [3.05, 3.63) is 41.8 Å². The first-order valence-electron chi connectivity index (χ1n) is 3.58. The Morgan fingerprint density at radius 1 is 1.08 bits per heavy atom. The molecule has 0 aliphatic heterocycles. The molecule has 66 valence electrons. The molecule has 0 unspecified atom stereocenters. The van der Waals surface area contributed by atoms with Crippen LogP contribution < -0.4 is 0 Å². The Kier molecular flexibility index (Phi) is 1.69. The third-order valence-corrected chi connectivity index (χ3v) is 1.73. The van der Waals surface area contributed by atoms with E-state index >= 15 is 0 Å². The van der Waals surface area contributed by atoms with Gasteiger partial charge < -0.3 is 0 Å². The van der Waals surface area contributed by atoms with E-state index in [1.54, 1.807) is 0 Å². The van der Waals surface area contributed by atoms with Crippen LogP contribution >= 0.6 is 0 Å². The van der Waals surface area contributed by atoms with Gasteiger partial charge in [0.1, 0.15) is 5.52 Å². The quantitative estimate of drug-likeness (QED) is 0.572. The van der Waals surface area contributed by atoms with Gasteiger partial charge in [-0.2, -0.15) is 0 Å². The Hall–Kier alpha value is -1.58. The van der Waals surface area contributed by atoms with E-state index in [9.17, 15) is 13.2 Å². The molecular weight excluding hydrogens is 179 g/mol. The molecule has 0 aliphatic rings. The van der Waals surface area contributed by atoms with E-state index in [0.29, 0.717) is 0 Å². The molecule has 1 heterocycles. The maximum absolute atomic E-state index is 13.0. The van der Waals surface area contributed by atoms with E-state index in [1.165, 1.54) is 18.3 Å². The van der Waals surface area contributed by atoms with Gasteiger partial charge in [-0.1, -0.05) is 6.07 Å². The van der Waals surface area contributed by atoms with Crippen LogP contribution in [-0.4, -0.2) is 4.98 Å². The van der Waals surface area contributed by atoms with Crippen molar-refractivity contribution in [2.45, 2.75) is 0 Å². The minimum Gasteiger partial charge on any atom is -0.253 e. The van der Waals surface area contributed by atoms with Crippen LogP contribution in [0.4, 0.5) is 13.2 Å². The van der Waals surface area contributed by atoms with Crippen LogP contribution in [0, 0.1) is 17.5 Å². The number of rotatable bonds is 0. The predicted molar refractivity (Wildman–Crippen MR) is 41.6 cm³/mol. The molecule has 2 aromatic rings. The number of aromatic nitrogens is 1. The lowest BCUT2D eigenvalue weighted by Crippen LogP contribution is -1.93. The van der Waals surface area contributed by atoms with Gasteiger partial charge in [0.15, 0.2) is 17.5 Å². The summed E-state index contributed by atoms with van der Waals surface area (Å²) in [6.45, 7) is 0. The highest BCUT2D eigenvalue weighted by Crippen LogP contribution is 2.20. The SMILES string of the molecule is Fc1cc2cccnc2c(F)c1F. The lowest BCUT2D eigenvalue weighted by atomic mass is 10.2. The Labute approximate surface area is 71.8 Å². The fourth-order valence-corrected chi connectivity index (χ4v) is 1.13. The molecule has 0 spiro atoms. The zero-order valence-corrected chi connectivity index (χ0v) is 6.39. The normalized spacial score (nSPS) is 10.7. The van der Waals surface area contributed by atoms with Crippen molar-refractivity contribution in [3.63, 3.8) is 0 Å². The van der Waals surface area contributed by atoms with Crippen LogP contribution in [0.25, 0.3) is 10.9 Å². The summed E-state index contributed by atoms with van der Waals surface area (Å²) in [5.74, 6) is -3.92. The van der Waals surface area contributed by atoms with Gasteiger partial charge in [0.05, 0.1) is 0 Å². The van der Waals surface area contributed by atoms with E-state index in [4.69, 9.17) is 0 Å². The zero-order valence-electron chi connectivity index (χ0n) is 6.39. The van der Waals surface area contributed by atoms with Gasteiger partial charge in [0.25, 0.3) is 0 Å². The number of benzene rings is 1. The van der Waals surface area contributed by atoms with Crippen LogP contribution in [0.1, 0.15) is 0 Å². The third-order valence-electron chi connectivity index (χ3n) is 1.73. The van der Waals surface area contributed by atoms with Crippen molar-refractivity contribution in [2.24, 2.45) is 0 Å². The van der Waals surface area contributed by atoms with Crippen molar-refractivity contribution >= 4 is 10.9 Å². The second kappa shape index (κ2) is 2.73. The topological polar surface area (TPSA) is 12.9 Å². The van der Waals surface area contributed by atoms with E-state index in [2.05, 4.69) is 4.98 Å². The lowest BCUT2D eigenvalue weighted by Gasteiger charge is -1.99. The maximum atomic E-state index is 13.0. The molecule has 2 rings (SSSR count). The Bertz CT molecular complexity index is 468. The number of hydrogen-bond acceptors (Lipinski definition) is 1. The number of nitrogens with zero attached hydrogens (tertiary/aromatic N) is 1. The fourth-order valence-electron chi connectivity index (χ4n) is 1.13. The summed E-state index contributed by atoms with van der Waals surface area (Å²) in [6.07, 6.45) is 1.32. The van der Waals surface area contributed by atoms with Gasteiger partial charge in [-0.05, 0) is 12.1 Å². The molecule has 0 aliphatic carbocycles. The summed E-state index contributed by atoms with van der Waals surface area (Å²) < 4.78 is 38.3. The maximum Gasteiger partial charge on any atom is 0.196 e. The first kappa shape index (κ1) is 8.04. The van der Waals surface area contributed by atoms with E-state index in [-0.39, 0.29) is 10.9 Å². The van der Waals surface area contributed by atoms with Crippen molar-refractivity contribution in [1.82, 2.24) is 4.98 Å². The Morgan fingerprint density at radius 2 is 1.85 bits per heavy atom. The zero-order chi connectivity index (χ0) is 9.42. The predicted octanol–water partition coefficient (Wildman–Crippen LogP) is 2.65. The first-order chi connectivity index (χ1) is 6.20. The van der Waals surface area contributed by atoms with Gasteiger partial charge in [0, 0.05) is 11.6 Å². The number of fused-ring (bicyclic) bond motifs is 1. The largest absolute Gasteiger partial charge is 0.253 e. The van der Waals surface area contributed by atoms with Gasteiger partial charge in [-0.3, -0.25) is 4.98 Å². The first-order valence-corrected chi connectivity index (χ1v) is 3.58. The van der Waals surface area contributed by atoms with Crippen LogP contribution in [0.3, 0.4) is 0 Å². The van der Waals surface area contributed by atoms with Crippen LogP contribution in [-0.2, 0) is 0 Å². The minimum absolute atomic E-state index is 0.151. The second-order valence-corrected chi connectivity index (χ2v) is 2.56. The van der Waals surface area contributed by atoms with Crippen molar-refractivity contribution in [2.75, 3.05) is 0 Å². The van der Waals surface area contributed by atoms with Crippen molar-refractivity contribution in [1.29, 1.82) is 0 Å². The van der Waals surface area contributed by atoms with Crippen molar-refractivity contribution in [3.8, 4) is 0 Å². The molecule has 0 fully saturated rings. The molecule has 13 heavy (non-hydrogen) atoms. The number of halogens is 3. The molecule has 1 aromatic heterocycles. The summed E-state index contributed by atoms with van der Waals surface area (Å²) in [6, 6.07) is 3.91. The van der Waals surface area contributed by atoms with Crippen LogP contribution in [0.15, 0.2) is 24.4 Å². The summed E-state index contributed by atoms with van der Waals surface area (Å²) in [5.41, 5.74) is -0.151. The van der Waals surface area contributed by atoms with E-state index < -0.39 is 17.5 Å². The highest BCUT2D eigenvalue weighted by Gasteiger charge is 2.13. The highest BCUT2D eigenvalue weighted by atomic mass is 19.2. The fraction of sp³-hybridized carbons (Fsp3) is 0. The molecule has 1 nitrogen and oxygen atoms in total. The molecule has 0 atom stereocenters. The summed E-state index contributed by atoms with van der Waals surface area (Å²) in [4.78, 5) is 3.60. The molecule has 0 saturated heterocycles. The van der Waals surface area contributed by atoms with Gasteiger partial charge in [0.2, 0.25) is 0 Å². The monoisotopic (exact) mass is 183 g/mol. The third kappa shape index (κ3) is 1.14. The average Bonchev–Trinajstić information content (AvgIpc) is 2.15. The highest BCUT2D eigenvalue weighted by molar-refractivity contribution is 5.78. The molecule has 0 amide bonds. The average molecular weight is 183 g/mol. The van der Waals surface area contributed by atoms with Crippen LogP contribution in [0.2, 0.25) is 0 Å². The molecule has 0 radical (unpaired) electrons.